The Bertz CT molecular complexity index is 1090. The van der Waals surface area contributed by atoms with Crippen LogP contribution in [-0.4, -0.2) is 37.2 Å². The molecule has 3 heterocycles. The molecule has 3 aromatic heterocycles. The van der Waals surface area contributed by atoms with Gasteiger partial charge >= 0.3 is 0 Å². The monoisotopic (exact) mass is 376 g/mol. The molecule has 1 aromatic carbocycles. The Hall–Kier alpha value is -3.33. The number of pyridine rings is 1. The van der Waals surface area contributed by atoms with E-state index in [1.165, 1.54) is 0 Å². The lowest BCUT2D eigenvalue weighted by molar-refractivity contribution is 0.145. The Morgan fingerprint density at radius 1 is 1.07 bits per heavy atom. The summed E-state index contributed by atoms with van der Waals surface area (Å²) in [6, 6.07) is 13.1. The Kier molecular flexibility index (Phi) is 4.98. The minimum atomic E-state index is -0.742. The zero-order chi connectivity index (χ0) is 19.5. The SMILES string of the molecule is CNC(O)c1cc2cc(Nc3nccc(-c4ccc(CO)cn4)n3)ccc2[nH]1. The van der Waals surface area contributed by atoms with Crippen LogP contribution in [0.25, 0.3) is 22.3 Å². The number of aromatic amines is 1. The largest absolute Gasteiger partial charge is 0.392 e. The molecule has 0 aliphatic heterocycles. The summed E-state index contributed by atoms with van der Waals surface area (Å²) in [5.74, 6) is 0.455. The van der Waals surface area contributed by atoms with Crippen molar-refractivity contribution >= 4 is 22.5 Å². The molecule has 142 valence electrons. The number of aliphatic hydroxyl groups excluding tert-OH is 2. The normalized spacial score (nSPS) is 12.2. The summed E-state index contributed by atoms with van der Waals surface area (Å²) < 4.78 is 0. The molecule has 1 unspecified atom stereocenters. The van der Waals surface area contributed by atoms with Gasteiger partial charge in [0.05, 0.1) is 23.7 Å². The molecule has 4 aromatic rings. The number of hydrogen-bond acceptors (Lipinski definition) is 7. The number of rotatable bonds is 6. The van der Waals surface area contributed by atoms with Crippen molar-refractivity contribution in [3.05, 3.63) is 66.1 Å². The fraction of sp³-hybridized carbons (Fsp3) is 0.150. The number of aliphatic hydroxyl groups is 2. The molecule has 0 aliphatic carbocycles. The van der Waals surface area contributed by atoms with Crippen LogP contribution in [0.15, 0.2) is 54.9 Å². The molecule has 0 aliphatic rings. The Morgan fingerprint density at radius 2 is 1.96 bits per heavy atom. The van der Waals surface area contributed by atoms with Gasteiger partial charge in [-0.25, -0.2) is 9.97 Å². The lowest BCUT2D eigenvalue weighted by Gasteiger charge is -2.07. The topological polar surface area (TPSA) is 119 Å². The van der Waals surface area contributed by atoms with Gasteiger partial charge in [-0.15, -0.1) is 0 Å². The predicted octanol–water partition coefficient (Wildman–Crippen LogP) is 2.47. The molecule has 5 N–H and O–H groups in total. The van der Waals surface area contributed by atoms with Crippen molar-refractivity contribution in [2.24, 2.45) is 0 Å². The van der Waals surface area contributed by atoms with Crippen molar-refractivity contribution in [2.45, 2.75) is 12.8 Å². The Balaban J connectivity index is 1.58. The minimum Gasteiger partial charge on any atom is -0.392 e. The van der Waals surface area contributed by atoms with E-state index in [1.54, 1.807) is 25.5 Å². The molecule has 0 radical (unpaired) electrons. The van der Waals surface area contributed by atoms with E-state index in [9.17, 15) is 5.11 Å². The van der Waals surface area contributed by atoms with Gasteiger partial charge in [0.25, 0.3) is 0 Å². The maximum atomic E-state index is 9.91. The van der Waals surface area contributed by atoms with Crippen LogP contribution in [0.4, 0.5) is 11.6 Å². The lowest BCUT2D eigenvalue weighted by atomic mass is 10.2. The van der Waals surface area contributed by atoms with Crippen LogP contribution < -0.4 is 10.6 Å². The zero-order valence-electron chi connectivity index (χ0n) is 15.2. The maximum absolute atomic E-state index is 9.91. The highest BCUT2D eigenvalue weighted by Crippen LogP contribution is 2.24. The average Bonchev–Trinajstić information content (AvgIpc) is 3.17. The summed E-state index contributed by atoms with van der Waals surface area (Å²) >= 11 is 0. The summed E-state index contributed by atoms with van der Waals surface area (Å²) in [5.41, 5.74) is 4.60. The second-order valence-electron chi connectivity index (χ2n) is 6.32. The van der Waals surface area contributed by atoms with Gasteiger partial charge < -0.3 is 20.5 Å². The van der Waals surface area contributed by atoms with Crippen molar-refractivity contribution in [1.82, 2.24) is 25.3 Å². The van der Waals surface area contributed by atoms with Crippen molar-refractivity contribution in [3.63, 3.8) is 0 Å². The lowest BCUT2D eigenvalue weighted by Crippen LogP contribution is -2.15. The van der Waals surface area contributed by atoms with Crippen LogP contribution in [-0.2, 0) is 6.61 Å². The molecule has 8 nitrogen and oxygen atoms in total. The van der Waals surface area contributed by atoms with E-state index in [-0.39, 0.29) is 6.61 Å². The van der Waals surface area contributed by atoms with E-state index in [1.807, 2.05) is 36.4 Å². The molecule has 8 heteroatoms. The maximum Gasteiger partial charge on any atom is 0.227 e. The predicted molar refractivity (Wildman–Crippen MR) is 107 cm³/mol. The fourth-order valence-electron chi connectivity index (χ4n) is 2.90. The first-order valence-corrected chi connectivity index (χ1v) is 8.80. The number of H-pyrrole nitrogens is 1. The third-order valence-corrected chi connectivity index (χ3v) is 4.39. The van der Waals surface area contributed by atoms with E-state index < -0.39 is 6.23 Å². The first-order valence-electron chi connectivity index (χ1n) is 8.80. The van der Waals surface area contributed by atoms with E-state index in [0.717, 1.165) is 22.2 Å². The van der Waals surface area contributed by atoms with Gasteiger partial charge in [-0.05, 0) is 49.0 Å². The van der Waals surface area contributed by atoms with Gasteiger partial charge in [0.1, 0.15) is 6.23 Å². The number of aromatic nitrogens is 4. The molecule has 0 saturated heterocycles. The summed E-state index contributed by atoms with van der Waals surface area (Å²) in [6.07, 6.45) is 2.55. The van der Waals surface area contributed by atoms with E-state index >= 15 is 0 Å². The van der Waals surface area contributed by atoms with E-state index in [0.29, 0.717) is 23.0 Å². The highest BCUT2D eigenvalue weighted by Gasteiger charge is 2.09. The molecule has 0 amide bonds. The number of nitrogens with one attached hydrogen (secondary N) is 3. The van der Waals surface area contributed by atoms with Crippen LogP contribution >= 0.6 is 0 Å². The van der Waals surface area contributed by atoms with Crippen LogP contribution in [0.3, 0.4) is 0 Å². The number of nitrogens with zero attached hydrogens (tertiary/aromatic N) is 3. The number of benzene rings is 1. The number of hydrogen-bond donors (Lipinski definition) is 5. The third kappa shape index (κ3) is 3.70. The van der Waals surface area contributed by atoms with Gasteiger partial charge in [0.15, 0.2) is 0 Å². The Labute approximate surface area is 161 Å². The molecular weight excluding hydrogens is 356 g/mol. The first-order chi connectivity index (χ1) is 13.7. The van der Waals surface area contributed by atoms with Gasteiger partial charge in [-0.2, -0.15) is 0 Å². The highest BCUT2D eigenvalue weighted by atomic mass is 16.3. The molecule has 0 fully saturated rings. The summed E-state index contributed by atoms with van der Waals surface area (Å²) in [7, 11) is 1.69. The van der Waals surface area contributed by atoms with Crippen LogP contribution in [0.5, 0.6) is 0 Å². The van der Waals surface area contributed by atoms with Crippen molar-refractivity contribution in [1.29, 1.82) is 0 Å². The van der Waals surface area contributed by atoms with E-state index in [4.69, 9.17) is 5.11 Å². The van der Waals surface area contributed by atoms with Crippen LogP contribution in [0.2, 0.25) is 0 Å². The smallest absolute Gasteiger partial charge is 0.227 e. The van der Waals surface area contributed by atoms with Crippen LogP contribution in [0, 0.1) is 0 Å². The van der Waals surface area contributed by atoms with Crippen molar-refractivity contribution in [2.75, 3.05) is 12.4 Å². The molecule has 4 rings (SSSR count). The van der Waals surface area contributed by atoms with Gasteiger partial charge in [-0.3, -0.25) is 10.3 Å². The molecule has 0 spiro atoms. The number of fused-ring (bicyclic) bond motifs is 1. The number of anilines is 2. The minimum absolute atomic E-state index is 0.0431. The highest BCUT2D eigenvalue weighted by molar-refractivity contribution is 5.84. The molecule has 0 saturated carbocycles. The van der Waals surface area contributed by atoms with E-state index in [2.05, 4.69) is 30.6 Å². The fourth-order valence-corrected chi connectivity index (χ4v) is 2.90. The van der Waals surface area contributed by atoms with Crippen molar-refractivity contribution < 1.29 is 10.2 Å². The molecule has 28 heavy (non-hydrogen) atoms. The van der Waals surface area contributed by atoms with Gasteiger partial charge in [0.2, 0.25) is 5.95 Å². The average molecular weight is 376 g/mol. The van der Waals surface area contributed by atoms with Gasteiger partial charge in [0, 0.05) is 29.0 Å². The molecule has 0 bridgehead atoms. The summed E-state index contributed by atoms with van der Waals surface area (Å²) in [6.45, 7) is -0.0431. The second-order valence-corrected chi connectivity index (χ2v) is 6.32. The first kappa shape index (κ1) is 18.1. The standard InChI is InChI=1S/C20H20N6O2/c1-21-19(28)18-9-13-8-14(3-5-15(13)25-18)24-20-22-7-6-17(26-20)16-4-2-12(11-27)10-23-16/h2-10,19,21,25,27-28H,11H2,1H3,(H,22,24,26). The molecule has 1 atom stereocenters. The Morgan fingerprint density at radius 3 is 2.71 bits per heavy atom. The van der Waals surface area contributed by atoms with Crippen molar-refractivity contribution in [3.8, 4) is 11.4 Å². The second kappa shape index (κ2) is 7.73. The van der Waals surface area contributed by atoms with Gasteiger partial charge in [-0.1, -0.05) is 6.07 Å². The third-order valence-electron chi connectivity index (χ3n) is 4.39. The summed E-state index contributed by atoms with van der Waals surface area (Å²) in [4.78, 5) is 16.3. The zero-order valence-corrected chi connectivity index (χ0v) is 15.2. The quantitative estimate of drug-likeness (QED) is 0.328. The molecular formula is C20H20N6O2. The summed E-state index contributed by atoms with van der Waals surface area (Å²) in [5, 5.41) is 26.0. The van der Waals surface area contributed by atoms with Crippen LogP contribution in [0.1, 0.15) is 17.5 Å².